The second-order valence-corrected chi connectivity index (χ2v) is 4.76. The maximum Gasteiger partial charge on any atom is 0.326 e. The van der Waals surface area contributed by atoms with E-state index in [0.717, 1.165) is 18.2 Å². The van der Waals surface area contributed by atoms with Crippen LogP contribution in [0, 0.1) is 17.6 Å². The SMILES string of the molecule is CCC(C)C(NC(=O)NCc1cc(F)ccc1F)C(=O)O. The third kappa shape index (κ3) is 5.02. The zero-order valence-corrected chi connectivity index (χ0v) is 11.8. The molecule has 2 unspecified atom stereocenters. The molecule has 21 heavy (non-hydrogen) atoms. The van der Waals surface area contributed by atoms with Gasteiger partial charge in [-0.1, -0.05) is 20.3 Å². The van der Waals surface area contributed by atoms with Gasteiger partial charge in [-0.15, -0.1) is 0 Å². The lowest BCUT2D eigenvalue weighted by atomic mass is 9.99. The average Bonchev–Trinajstić information content (AvgIpc) is 2.44. The molecule has 0 aliphatic carbocycles. The smallest absolute Gasteiger partial charge is 0.326 e. The Morgan fingerprint density at radius 3 is 2.57 bits per heavy atom. The summed E-state index contributed by atoms with van der Waals surface area (Å²) in [6, 6.07) is 1.13. The summed E-state index contributed by atoms with van der Waals surface area (Å²) in [5.74, 6) is -2.65. The van der Waals surface area contributed by atoms with E-state index in [1.807, 2.05) is 6.92 Å². The summed E-state index contributed by atoms with van der Waals surface area (Å²) in [4.78, 5) is 22.7. The Morgan fingerprint density at radius 2 is 2.00 bits per heavy atom. The number of amides is 2. The van der Waals surface area contributed by atoms with Crippen molar-refractivity contribution in [3.8, 4) is 0 Å². The van der Waals surface area contributed by atoms with Gasteiger partial charge in [0.25, 0.3) is 0 Å². The van der Waals surface area contributed by atoms with Crippen LogP contribution in [-0.2, 0) is 11.3 Å². The van der Waals surface area contributed by atoms with Gasteiger partial charge in [0, 0.05) is 12.1 Å². The van der Waals surface area contributed by atoms with Crippen molar-refractivity contribution >= 4 is 12.0 Å². The first-order chi connectivity index (χ1) is 9.85. The third-order valence-electron chi connectivity index (χ3n) is 3.21. The van der Waals surface area contributed by atoms with Crippen molar-refractivity contribution in [3.63, 3.8) is 0 Å². The van der Waals surface area contributed by atoms with Crippen molar-refractivity contribution < 1.29 is 23.5 Å². The fourth-order valence-electron chi connectivity index (χ4n) is 1.73. The molecule has 0 spiro atoms. The van der Waals surface area contributed by atoms with E-state index in [9.17, 15) is 18.4 Å². The molecule has 0 bridgehead atoms. The first-order valence-electron chi connectivity index (χ1n) is 6.56. The molecular formula is C14H18F2N2O3. The average molecular weight is 300 g/mol. The first-order valence-corrected chi connectivity index (χ1v) is 6.56. The van der Waals surface area contributed by atoms with Crippen LogP contribution in [0.15, 0.2) is 18.2 Å². The number of hydrogen-bond donors (Lipinski definition) is 3. The van der Waals surface area contributed by atoms with Crippen LogP contribution in [0.5, 0.6) is 0 Å². The standard InChI is InChI=1S/C14H18F2N2O3/c1-3-8(2)12(13(19)20)18-14(21)17-7-9-6-10(15)4-5-11(9)16/h4-6,8,12H,3,7H2,1-2H3,(H,19,20)(H2,17,18,21). The number of carboxylic acids is 1. The predicted molar refractivity (Wildman–Crippen MR) is 72.6 cm³/mol. The Balaban J connectivity index is 2.61. The summed E-state index contributed by atoms with van der Waals surface area (Å²) in [6.07, 6.45) is 0.579. The van der Waals surface area contributed by atoms with E-state index in [-0.39, 0.29) is 18.0 Å². The van der Waals surface area contributed by atoms with Gasteiger partial charge in [-0.25, -0.2) is 18.4 Å². The van der Waals surface area contributed by atoms with Crippen molar-refractivity contribution in [2.45, 2.75) is 32.9 Å². The lowest BCUT2D eigenvalue weighted by Crippen LogP contribution is -2.48. The lowest BCUT2D eigenvalue weighted by molar-refractivity contribution is -0.140. The molecule has 0 aliphatic heterocycles. The summed E-state index contributed by atoms with van der Waals surface area (Å²) < 4.78 is 26.3. The topological polar surface area (TPSA) is 78.4 Å². The van der Waals surface area contributed by atoms with Crippen LogP contribution in [0.4, 0.5) is 13.6 Å². The molecule has 1 aromatic carbocycles. The summed E-state index contributed by atoms with van der Waals surface area (Å²) in [5, 5.41) is 13.7. The van der Waals surface area contributed by atoms with E-state index < -0.39 is 29.7 Å². The molecule has 0 aliphatic rings. The first kappa shape index (κ1) is 16.9. The molecule has 116 valence electrons. The highest BCUT2D eigenvalue weighted by molar-refractivity contribution is 5.82. The molecule has 0 saturated heterocycles. The number of rotatable bonds is 6. The minimum atomic E-state index is -1.14. The molecule has 0 saturated carbocycles. The highest BCUT2D eigenvalue weighted by Gasteiger charge is 2.25. The molecule has 0 aromatic heterocycles. The van der Waals surface area contributed by atoms with Crippen molar-refractivity contribution in [3.05, 3.63) is 35.4 Å². The van der Waals surface area contributed by atoms with E-state index in [0.29, 0.717) is 6.42 Å². The Morgan fingerprint density at radius 1 is 1.33 bits per heavy atom. The van der Waals surface area contributed by atoms with Gasteiger partial charge in [0.2, 0.25) is 0 Å². The monoisotopic (exact) mass is 300 g/mol. The second kappa shape index (κ2) is 7.56. The second-order valence-electron chi connectivity index (χ2n) is 4.76. The number of carbonyl (C=O) groups excluding carboxylic acids is 1. The molecule has 5 nitrogen and oxygen atoms in total. The molecule has 2 amide bonds. The zero-order valence-electron chi connectivity index (χ0n) is 11.8. The summed E-state index contributed by atoms with van der Waals surface area (Å²) in [7, 11) is 0. The third-order valence-corrected chi connectivity index (χ3v) is 3.21. The van der Waals surface area contributed by atoms with Crippen LogP contribution in [-0.4, -0.2) is 23.1 Å². The fourth-order valence-corrected chi connectivity index (χ4v) is 1.73. The Hall–Kier alpha value is -2.18. The maximum atomic E-state index is 13.4. The molecule has 1 rings (SSSR count). The van der Waals surface area contributed by atoms with Crippen molar-refractivity contribution in [2.24, 2.45) is 5.92 Å². The van der Waals surface area contributed by atoms with Gasteiger partial charge in [0.05, 0.1) is 0 Å². The highest BCUT2D eigenvalue weighted by Crippen LogP contribution is 2.10. The largest absolute Gasteiger partial charge is 0.480 e. The summed E-state index contributed by atoms with van der Waals surface area (Å²) in [6.45, 7) is 3.27. The van der Waals surface area contributed by atoms with Crippen molar-refractivity contribution in [1.82, 2.24) is 10.6 Å². The molecule has 0 heterocycles. The minimum absolute atomic E-state index is 0.0134. The van der Waals surface area contributed by atoms with Crippen molar-refractivity contribution in [1.29, 1.82) is 0 Å². The Labute approximate surface area is 121 Å². The van der Waals surface area contributed by atoms with Crippen molar-refractivity contribution in [2.75, 3.05) is 0 Å². The number of nitrogens with one attached hydrogen (secondary N) is 2. The molecule has 0 radical (unpaired) electrons. The molecule has 0 fully saturated rings. The number of hydrogen-bond acceptors (Lipinski definition) is 2. The van der Waals surface area contributed by atoms with Gasteiger partial charge < -0.3 is 15.7 Å². The summed E-state index contributed by atoms with van der Waals surface area (Å²) in [5.41, 5.74) is -0.0134. The Kier molecular flexibility index (Phi) is 6.08. The van der Waals surface area contributed by atoms with Gasteiger partial charge in [0.1, 0.15) is 17.7 Å². The van der Waals surface area contributed by atoms with Crippen LogP contribution < -0.4 is 10.6 Å². The molecule has 2 atom stereocenters. The molecule has 7 heteroatoms. The van der Waals surface area contributed by atoms with Gasteiger partial charge in [-0.2, -0.15) is 0 Å². The quantitative estimate of drug-likeness (QED) is 0.754. The van der Waals surface area contributed by atoms with Gasteiger partial charge in [0.15, 0.2) is 0 Å². The highest BCUT2D eigenvalue weighted by atomic mass is 19.1. The van der Waals surface area contributed by atoms with Gasteiger partial charge >= 0.3 is 12.0 Å². The molecular weight excluding hydrogens is 282 g/mol. The van der Waals surface area contributed by atoms with E-state index in [1.165, 1.54) is 0 Å². The zero-order chi connectivity index (χ0) is 16.0. The van der Waals surface area contributed by atoms with Crippen LogP contribution in [0.1, 0.15) is 25.8 Å². The van der Waals surface area contributed by atoms with Crippen LogP contribution in [0.25, 0.3) is 0 Å². The Bertz CT molecular complexity index is 523. The van der Waals surface area contributed by atoms with E-state index >= 15 is 0 Å². The minimum Gasteiger partial charge on any atom is -0.480 e. The van der Waals surface area contributed by atoms with Gasteiger partial charge in [-0.3, -0.25) is 0 Å². The summed E-state index contributed by atoms with van der Waals surface area (Å²) >= 11 is 0. The number of halogens is 2. The number of carbonyl (C=O) groups is 2. The fraction of sp³-hybridized carbons (Fsp3) is 0.429. The van der Waals surface area contributed by atoms with Crippen LogP contribution in [0.3, 0.4) is 0 Å². The number of benzene rings is 1. The van der Waals surface area contributed by atoms with Crippen LogP contribution in [0.2, 0.25) is 0 Å². The predicted octanol–water partition coefficient (Wildman–Crippen LogP) is 2.26. The van der Waals surface area contributed by atoms with E-state index in [1.54, 1.807) is 6.92 Å². The molecule has 1 aromatic rings. The van der Waals surface area contributed by atoms with E-state index in [4.69, 9.17) is 5.11 Å². The molecule has 3 N–H and O–H groups in total. The van der Waals surface area contributed by atoms with E-state index in [2.05, 4.69) is 10.6 Å². The number of urea groups is 1. The number of aliphatic carboxylic acids is 1. The lowest BCUT2D eigenvalue weighted by Gasteiger charge is -2.20. The normalized spacial score (nSPS) is 13.3. The number of carboxylic acid groups (broad SMARTS) is 1. The van der Waals surface area contributed by atoms with Gasteiger partial charge in [-0.05, 0) is 24.1 Å². The maximum absolute atomic E-state index is 13.4. The van der Waals surface area contributed by atoms with Crippen LogP contribution >= 0.6 is 0 Å².